The molecule has 2 amide bonds. The van der Waals surface area contributed by atoms with E-state index in [1.807, 2.05) is 0 Å². The summed E-state index contributed by atoms with van der Waals surface area (Å²) in [7, 11) is 0. The quantitative estimate of drug-likeness (QED) is 0.559. The molecule has 2 N–H and O–H groups in total. The van der Waals surface area contributed by atoms with Gasteiger partial charge in [0.15, 0.2) is 0 Å². The number of rotatable bonds is 3. The maximum absolute atomic E-state index is 13.1. The van der Waals surface area contributed by atoms with Crippen LogP contribution in [0.25, 0.3) is 5.69 Å². The lowest BCUT2D eigenvalue weighted by Crippen LogP contribution is -2.20. The lowest BCUT2D eigenvalue weighted by Gasteiger charge is -2.17. The zero-order valence-corrected chi connectivity index (χ0v) is 17.5. The fourth-order valence-corrected chi connectivity index (χ4v) is 4.02. The summed E-state index contributed by atoms with van der Waals surface area (Å²) in [5.74, 6) is -0.228. The number of nitrogens with zero attached hydrogens (tertiary/aromatic N) is 2. The van der Waals surface area contributed by atoms with Gasteiger partial charge in [-0.2, -0.15) is 18.3 Å². The standard InChI is InChI=1S/C20H14ClF3N4O2S/c1-10-6-17(28(27-10)15-8-12(20(22,23)24)3-4-13(15)21)26-19(30)11-2-5-16-14(7-11)25-18(29)9-31-16/h2-8H,9H2,1H3,(H,25,29)(H,26,30). The lowest BCUT2D eigenvalue weighted by molar-refractivity contribution is -0.137. The van der Waals surface area contributed by atoms with Gasteiger partial charge in [0, 0.05) is 16.5 Å². The molecule has 3 aromatic rings. The van der Waals surface area contributed by atoms with Crippen molar-refractivity contribution in [3.05, 3.63) is 64.3 Å². The van der Waals surface area contributed by atoms with Crippen LogP contribution in [0.3, 0.4) is 0 Å². The Kier molecular flexibility index (Phi) is 5.44. The van der Waals surface area contributed by atoms with Crippen LogP contribution in [0, 0.1) is 6.92 Å². The van der Waals surface area contributed by atoms with Gasteiger partial charge in [0.05, 0.1) is 33.4 Å². The van der Waals surface area contributed by atoms with Gasteiger partial charge in [-0.25, -0.2) is 4.68 Å². The molecular formula is C20H14ClF3N4O2S. The Morgan fingerprint density at radius 3 is 2.74 bits per heavy atom. The molecule has 6 nitrogen and oxygen atoms in total. The average molecular weight is 467 g/mol. The summed E-state index contributed by atoms with van der Waals surface area (Å²) in [4.78, 5) is 25.2. The van der Waals surface area contributed by atoms with Gasteiger partial charge in [0.25, 0.3) is 5.91 Å². The van der Waals surface area contributed by atoms with Gasteiger partial charge in [-0.15, -0.1) is 11.8 Å². The Labute approximate surface area is 183 Å². The number of halogens is 4. The molecule has 1 aromatic heterocycles. The highest BCUT2D eigenvalue weighted by atomic mass is 35.5. The van der Waals surface area contributed by atoms with E-state index in [1.54, 1.807) is 25.1 Å². The highest BCUT2D eigenvalue weighted by molar-refractivity contribution is 8.00. The largest absolute Gasteiger partial charge is 0.416 e. The van der Waals surface area contributed by atoms with Crippen molar-refractivity contribution in [1.29, 1.82) is 0 Å². The minimum absolute atomic E-state index is 0.0194. The first kappa shape index (κ1) is 21.3. The number of alkyl halides is 3. The molecule has 2 heterocycles. The molecule has 4 rings (SSSR count). The van der Waals surface area contributed by atoms with Crippen molar-refractivity contribution >= 4 is 46.7 Å². The van der Waals surface area contributed by atoms with E-state index in [0.717, 1.165) is 27.8 Å². The third kappa shape index (κ3) is 4.40. The minimum atomic E-state index is -4.56. The number of benzene rings is 2. The van der Waals surface area contributed by atoms with E-state index >= 15 is 0 Å². The molecule has 0 radical (unpaired) electrons. The van der Waals surface area contributed by atoms with Crippen LogP contribution < -0.4 is 10.6 Å². The van der Waals surface area contributed by atoms with Crippen molar-refractivity contribution in [2.75, 3.05) is 16.4 Å². The van der Waals surface area contributed by atoms with E-state index in [1.165, 1.54) is 17.8 Å². The van der Waals surface area contributed by atoms with Crippen LogP contribution in [-0.4, -0.2) is 27.3 Å². The Morgan fingerprint density at radius 1 is 1.23 bits per heavy atom. The number of hydrogen-bond donors (Lipinski definition) is 2. The van der Waals surface area contributed by atoms with Crippen LogP contribution in [0.15, 0.2) is 47.4 Å². The number of fused-ring (bicyclic) bond motifs is 1. The summed E-state index contributed by atoms with van der Waals surface area (Å²) in [5.41, 5.74) is 0.355. The van der Waals surface area contributed by atoms with Crippen molar-refractivity contribution < 1.29 is 22.8 Å². The summed E-state index contributed by atoms with van der Waals surface area (Å²) in [6.07, 6.45) is -4.56. The Bertz CT molecular complexity index is 1210. The van der Waals surface area contributed by atoms with Crippen molar-refractivity contribution in [2.45, 2.75) is 18.0 Å². The molecule has 0 unspecified atom stereocenters. The Hall–Kier alpha value is -2.98. The maximum Gasteiger partial charge on any atom is 0.416 e. The minimum Gasteiger partial charge on any atom is -0.324 e. The SMILES string of the molecule is Cc1cc(NC(=O)c2ccc3c(c2)NC(=O)CS3)n(-c2cc(C(F)(F)F)ccc2Cl)n1. The first-order valence-electron chi connectivity index (χ1n) is 8.93. The zero-order chi connectivity index (χ0) is 22.3. The third-order valence-electron chi connectivity index (χ3n) is 4.45. The molecule has 0 saturated carbocycles. The first-order valence-corrected chi connectivity index (χ1v) is 10.3. The Morgan fingerprint density at radius 2 is 2.00 bits per heavy atom. The van der Waals surface area contributed by atoms with Gasteiger partial charge >= 0.3 is 6.18 Å². The average Bonchev–Trinajstić information content (AvgIpc) is 3.06. The van der Waals surface area contributed by atoms with Gasteiger partial charge in [0.2, 0.25) is 5.91 Å². The molecule has 11 heteroatoms. The number of anilines is 2. The number of amides is 2. The summed E-state index contributed by atoms with van der Waals surface area (Å²) < 4.78 is 40.6. The van der Waals surface area contributed by atoms with Gasteiger partial charge in [-0.3, -0.25) is 9.59 Å². The van der Waals surface area contributed by atoms with E-state index < -0.39 is 17.6 Å². The van der Waals surface area contributed by atoms with Crippen LogP contribution in [0.1, 0.15) is 21.6 Å². The van der Waals surface area contributed by atoms with E-state index in [0.29, 0.717) is 17.1 Å². The zero-order valence-electron chi connectivity index (χ0n) is 15.9. The molecular weight excluding hydrogens is 453 g/mol. The normalized spacial score (nSPS) is 13.5. The highest BCUT2D eigenvalue weighted by Crippen LogP contribution is 2.35. The van der Waals surface area contributed by atoms with Crippen LogP contribution in [0.4, 0.5) is 24.7 Å². The molecule has 1 aliphatic rings. The van der Waals surface area contributed by atoms with Crippen molar-refractivity contribution in [1.82, 2.24) is 9.78 Å². The van der Waals surface area contributed by atoms with Crippen LogP contribution in [0.5, 0.6) is 0 Å². The predicted molar refractivity (Wildman–Crippen MR) is 112 cm³/mol. The van der Waals surface area contributed by atoms with Gasteiger partial charge < -0.3 is 10.6 Å². The molecule has 0 aliphatic carbocycles. The summed E-state index contributed by atoms with van der Waals surface area (Å²) in [6.45, 7) is 1.64. The molecule has 0 spiro atoms. The van der Waals surface area contributed by atoms with Crippen LogP contribution in [-0.2, 0) is 11.0 Å². The van der Waals surface area contributed by atoms with Gasteiger partial charge in [0.1, 0.15) is 5.82 Å². The summed E-state index contributed by atoms with van der Waals surface area (Å²) in [6, 6.07) is 9.26. The Balaban J connectivity index is 1.67. The molecule has 0 saturated heterocycles. The molecule has 1 aliphatic heterocycles. The second kappa shape index (κ2) is 7.93. The molecule has 160 valence electrons. The van der Waals surface area contributed by atoms with E-state index in [-0.39, 0.29) is 28.0 Å². The molecule has 2 aromatic carbocycles. The fraction of sp³-hybridized carbons (Fsp3) is 0.150. The number of nitrogens with one attached hydrogen (secondary N) is 2. The van der Waals surface area contributed by atoms with E-state index in [4.69, 9.17) is 11.6 Å². The summed E-state index contributed by atoms with van der Waals surface area (Å²) >= 11 is 7.49. The number of aromatic nitrogens is 2. The van der Waals surface area contributed by atoms with Crippen LogP contribution >= 0.6 is 23.4 Å². The topological polar surface area (TPSA) is 76.0 Å². The second-order valence-electron chi connectivity index (χ2n) is 6.75. The fourth-order valence-electron chi connectivity index (χ4n) is 3.04. The highest BCUT2D eigenvalue weighted by Gasteiger charge is 2.31. The molecule has 0 bridgehead atoms. The summed E-state index contributed by atoms with van der Waals surface area (Å²) in [5, 5.41) is 9.58. The lowest BCUT2D eigenvalue weighted by atomic mass is 10.1. The van der Waals surface area contributed by atoms with Gasteiger partial charge in [-0.05, 0) is 43.3 Å². The number of hydrogen-bond acceptors (Lipinski definition) is 4. The number of carbonyl (C=O) groups is 2. The predicted octanol–water partition coefficient (Wildman–Crippen LogP) is 5.15. The first-order chi connectivity index (χ1) is 14.6. The monoisotopic (exact) mass is 466 g/mol. The maximum atomic E-state index is 13.1. The number of thioether (sulfide) groups is 1. The molecule has 31 heavy (non-hydrogen) atoms. The number of aryl methyl sites for hydroxylation is 1. The van der Waals surface area contributed by atoms with E-state index in [9.17, 15) is 22.8 Å². The smallest absolute Gasteiger partial charge is 0.324 e. The van der Waals surface area contributed by atoms with Gasteiger partial charge in [-0.1, -0.05) is 11.6 Å². The second-order valence-corrected chi connectivity index (χ2v) is 8.17. The van der Waals surface area contributed by atoms with Crippen molar-refractivity contribution in [3.8, 4) is 5.69 Å². The third-order valence-corrected chi connectivity index (χ3v) is 5.84. The van der Waals surface area contributed by atoms with Crippen molar-refractivity contribution in [2.24, 2.45) is 0 Å². The van der Waals surface area contributed by atoms with Crippen LogP contribution in [0.2, 0.25) is 5.02 Å². The molecule has 0 fully saturated rings. The molecule has 0 atom stereocenters. The number of carbonyl (C=O) groups excluding carboxylic acids is 2. The van der Waals surface area contributed by atoms with Crippen molar-refractivity contribution in [3.63, 3.8) is 0 Å². The van der Waals surface area contributed by atoms with E-state index in [2.05, 4.69) is 15.7 Å².